The fourth-order valence-electron chi connectivity index (χ4n) is 3.83. The number of carbonyl (C=O) groups is 2. The van der Waals surface area contributed by atoms with Crippen LogP contribution in [0.2, 0.25) is 5.02 Å². The van der Waals surface area contributed by atoms with Gasteiger partial charge in [-0.3, -0.25) is 9.59 Å². The number of halogens is 1. The second-order valence-electron chi connectivity index (χ2n) is 7.75. The maximum absolute atomic E-state index is 13.6. The molecule has 0 atom stereocenters. The van der Waals surface area contributed by atoms with Crippen LogP contribution in [0.4, 0.5) is 11.4 Å². The second kappa shape index (κ2) is 8.52. The monoisotopic (exact) mass is 446 g/mol. The van der Waals surface area contributed by atoms with Crippen LogP contribution in [0.25, 0.3) is 5.57 Å². The first-order valence-corrected chi connectivity index (χ1v) is 10.6. The van der Waals surface area contributed by atoms with E-state index in [4.69, 9.17) is 16.3 Å². The molecule has 1 aliphatic heterocycles. The number of rotatable bonds is 5. The average molecular weight is 447 g/mol. The Kier molecular flexibility index (Phi) is 5.76. The summed E-state index contributed by atoms with van der Waals surface area (Å²) >= 11 is 6.28. The number of benzene rings is 3. The third-order valence-corrected chi connectivity index (χ3v) is 6.00. The summed E-state index contributed by atoms with van der Waals surface area (Å²) in [5.74, 6) is -0.160. The van der Waals surface area contributed by atoms with Crippen molar-refractivity contribution in [3.8, 4) is 5.75 Å². The highest BCUT2D eigenvalue weighted by Gasteiger charge is 2.40. The minimum absolute atomic E-state index is 0.225. The number of anilines is 2. The molecule has 1 N–H and O–H groups in total. The standard InChI is InChI=1S/C26H23ClN2O3/c1-15-8-13-20(16(2)14-15)23-24(28-22-7-5-6-21(27)17(22)3)26(31)29(25(23)30)18-9-11-19(32-4)12-10-18/h5-14,28H,1-4H3. The molecule has 3 aromatic carbocycles. The average Bonchev–Trinajstić information content (AvgIpc) is 3.01. The molecule has 0 spiro atoms. The molecule has 3 aromatic rings. The Morgan fingerprint density at radius 3 is 2.28 bits per heavy atom. The Balaban J connectivity index is 1.86. The molecule has 4 rings (SSSR count). The molecule has 0 saturated carbocycles. The lowest BCUT2D eigenvalue weighted by atomic mass is 9.97. The SMILES string of the molecule is COc1ccc(N2C(=O)C(Nc3cccc(Cl)c3C)=C(c3ccc(C)cc3C)C2=O)cc1. The molecule has 32 heavy (non-hydrogen) atoms. The van der Waals surface area contributed by atoms with Crippen molar-refractivity contribution in [1.29, 1.82) is 0 Å². The minimum Gasteiger partial charge on any atom is -0.497 e. The molecule has 0 saturated heterocycles. The largest absolute Gasteiger partial charge is 0.497 e. The molecular weight excluding hydrogens is 424 g/mol. The molecule has 162 valence electrons. The summed E-state index contributed by atoms with van der Waals surface area (Å²) in [7, 11) is 1.57. The molecule has 1 heterocycles. The number of methoxy groups -OCH3 is 1. The van der Waals surface area contributed by atoms with E-state index in [1.54, 1.807) is 43.5 Å². The molecule has 2 amide bonds. The van der Waals surface area contributed by atoms with Gasteiger partial charge in [-0.1, -0.05) is 41.4 Å². The Bertz CT molecular complexity index is 1260. The van der Waals surface area contributed by atoms with Crippen LogP contribution < -0.4 is 15.0 Å². The first-order chi connectivity index (χ1) is 15.3. The summed E-state index contributed by atoms with van der Waals surface area (Å²) in [6.45, 7) is 5.79. The summed E-state index contributed by atoms with van der Waals surface area (Å²) in [5.41, 5.74) is 5.22. The van der Waals surface area contributed by atoms with Crippen molar-refractivity contribution >= 4 is 40.4 Å². The lowest BCUT2D eigenvalue weighted by Crippen LogP contribution is -2.32. The van der Waals surface area contributed by atoms with Crippen LogP contribution in [-0.2, 0) is 9.59 Å². The lowest BCUT2D eigenvalue weighted by Gasteiger charge is -2.16. The minimum atomic E-state index is -0.422. The van der Waals surface area contributed by atoms with E-state index in [0.29, 0.717) is 33.3 Å². The Labute approximate surface area is 192 Å². The van der Waals surface area contributed by atoms with Gasteiger partial charge in [-0.2, -0.15) is 0 Å². The summed E-state index contributed by atoms with van der Waals surface area (Å²) in [6, 6.07) is 18.1. The summed E-state index contributed by atoms with van der Waals surface area (Å²) in [6.07, 6.45) is 0. The van der Waals surface area contributed by atoms with Gasteiger partial charge in [0.2, 0.25) is 0 Å². The van der Waals surface area contributed by atoms with Gasteiger partial charge < -0.3 is 10.1 Å². The number of nitrogens with one attached hydrogen (secondary N) is 1. The van der Waals surface area contributed by atoms with Gasteiger partial charge in [0.25, 0.3) is 11.8 Å². The number of ether oxygens (including phenoxy) is 1. The summed E-state index contributed by atoms with van der Waals surface area (Å²) < 4.78 is 5.20. The maximum Gasteiger partial charge on any atom is 0.282 e. The van der Waals surface area contributed by atoms with Crippen molar-refractivity contribution in [2.24, 2.45) is 0 Å². The van der Waals surface area contributed by atoms with Crippen molar-refractivity contribution in [2.75, 3.05) is 17.3 Å². The fourth-order valence-corrected chi connectivity index (χ4v) is 4.01. The zero-order chi connectivity index (χ0) is 23.0. The quantitative estimate of drug-likeness (QED) is 0.513. The molecule has 0 bridgehead atoms. The third kappa shape index (κ3) is 3.76. The Morgan fingerprint density at radius 2 is 1.62 bits per heavy atom. The van der Waals surface area contributed by atoms with E-state index in [2.05, 4.69) is 5.32 Å². The van der Waals surface area contributed by atoms with Gasteiger partial charge in [-0.05, 0) is 73.9 Å². The summed E-state index contributed by atoms with van der Waals surface area (Å²) in [5, 5.41) is 3.78. The highest BCUT2D eigenvalue weighted by atomic mass is 35.5. The number of carbonyl (C=O) groups excluding carboxylic acids is 2. The smallest absolute Gasteiger partial charge is 0.282 e. The number of amides is 2. The van der Waals surface area contributed by atoms with E-state index in [1.807, 2.05) is 45.0 Å². The zero-order valence-corrected chi connectivity index (χ0v) is 19.1. The number of hydrogen-bond acceptors (Lipinski definition) is 4. The van der Waals surface area contributed by atoms with Crippen LogP contribution in [0.3, 0.4) is 0 Å². The zero-order valence-electron chi connectivity index (χ0n) is 18.3. The van der Waals surface area contributed by atoms with E-state index >= 15 is 0 Å². The lowest BCUT2D eigenvalue weighted by molar-refractivity contribution is -0.120. The van der Waals surface area contributed by atoms with Crippen LogP contribution >= 0.6 is 11.6 Å². The molecule has 0 aliphatic carbocycles. The van der Waals surface area contributed by atoms with Crippen LogP contribution in [0.15, 0.2) is 66.4 Å². The van der Waals surface area contributed by atoms with Crippen molar-refractivity contribution in [1.82, 2.24) is 0 Å². The van der Waals surface area contributed by atoms with Gasteiger partial charge >= 0.3 is 0 Å². The molecule has 5 nitrogen and oxygen atoms in total. The predicted octanol–water partition coefficient (Wildman–Crippen LogP) is 5.67. The van der Waals surface area contributed by atoms with Crippen molar-refractivity contribution in [3.05, 3.63) is 93.6 Å². The van der Waals surface area contributed by atoms with Gasteiger partial charge in [-0.25, -0.2) is 4.90 Å². The van der Waals surface area contributed by atoms with Gasteiger partial charge in [0.1, 0.15) is 11.4 Å². The van der Waals surface area contributed by atoms with Crippen molar-refractivity contribution < 1.29 is 14.3 Å². The Morgan fingerprint density at radius 1 is 0.906 bits per heavy atom. The van der Waals surface area contributed by atoms with E-state index in [9.17, 15) is 9.59 Å². The van der Waals surface area contributed by atoms with Crippen LogP contribution in [0.5, 0.6) is 5.75 Å². The topological polar surface area (TPSA) is 58.6 Å². The van der Waals surface area contributed by atoms with Crippen molar-refractivity contribution in [3.63, 3.8) is 0 Å². The normalized spacial score (nSPS) is 13.7. The number of aryl methyl sites for hydroxylation is 2. The number of nitrogens with zero attached hydrogens (tertiary/aromatic N) is 1. The van der Waals surface area contributed by atoms with Gasteiger partial charge in [0.05, 0.1) is 18.4 Å². The van der Waals surface area contributed by atoms with Crippen molar-refractivity contribution in [2.45, 2.75) is 20.8 Å². The molecular formula is C26H23ClN2O3. The molecule has 0 radical (unpaired) electrons. The maximum atomic E-state index is 13.6. The van der Waals surface area contributed by atoms with E-state index in [-0.39, 0.29) is 11.6 Å². The van der Waals surface area contributed by atoms with Crippen LogP contribution in [0, 0.1) is 20.8 Å². The number of imide groups is 1. The third-order valence-electron chi connectivity index (χ3n) is 5.59. The molecule has 0 aromatic heterocycles. The molecule has 0 unspecified atom stereocenters. The van der Waals surface area contributed by atoms with E-state index in [0.717, 1.165) is 16.7 Å². The highest BCUT2D eigenvalue weighted by Crippen LogP contribution is 2.36. The van der Waals surface area contributed by atoms with Crippen LogP contribution in [-0.4, -0.2) is 18.9 Å². The first kappa shape index (κ1) is 21.7. The van der Waals surface area contributed by atoms with Gasteiger partial charge in [0.15, 0.2) is 0 Å². The summed E-state index contributed by atoms with van der Waals surface area (Å²) in [4.78, 5) is 28.4. The highest BCUT2D eigenvalue weighted by molar-refractivity contribution is 6.46. The van der Waals surface area contributed by atoms with Crippen LogP contribution in [0.1, 0.15) is 22.3 Å². The predicted molar refractivity (Wildman–Crippen MR) is 128 cm³/mol. The van der Waals surface area contributed by atoms with Gasteiger partial charge in [0, 0.05) is 10.7 Å². The molecule has 0 fully saturated rings. The number of hydrogen-bond donors (Lipinski definition) is 1. The molecule has 6 heteroatoms. The van der Waals surface area contributed by atoms with E-state index < -0.39 is 5.91 Å². The van der Waals surface area contributed by atoms with Gasteiger partial charge in [-0.15, -0.1) is 0 Å². The molecule has 1 aliphatic rings. The fraction of sp³-hybridized carbons (Fsp3) is 0.154. The van der Waals surface area contributed by atoms with E-state index in [1.165, 1.54) is 4.90 Å². The Hall–Kier alpha value is -3.57. The second-order valence-corrected chi connectivity index (χ2v) is 8.16. The first-order valence-electron chi connectivity index (χ1n) is 10.2.